The van der Waals surface area contributed by atoms with Crippen LogP contribution in [0.25, 0.3) is 0 Å². The van der Waals surface area contributed by atoms with Crippen LogP contribution in [0, 0.1) is 11.7 Å². The number of nitrogens with one attached hydrogen (secondary N) is 1. The minimum absolute atomic E-state index is 0.0132. The van der Waals surface area contributed by atoms with Crippen LogP contribution in [-0.2, 0) is 6.54 Å². The molecule has 32 heavy (non-hydrogen) atoms. The quantitative estimate of drug-likeness (QED) is 0.690. The number of carbonyl (C=O) groups excluding carboxylic acids is 2. The Morgan fingerprint density at radius 2 is 1.62 bits per heavy atom. The second-order valence-electron chi connectivity index (χ2n) is 8.42. The maximum absolute atomic E-state index is 13.1. The van der Waals surface area contributed by atoms with Gasteiger partial charge in [-0.1, -0.05) is 18.2 Å². The maximum atomic E-state index is 13.1. The van der Waals surface area contributed by atoms with E-state index in [9.17, 15) is 18.8 Å². The fraction of sp³-hybridized carbons (Fsp3) is 0.240. The molecule has 162 valence electrons. The highest BCUT2D eigenvalue weighted by atomic mass is 19.1. The number of carbonyl (C=O) groups is 2. The van der Waals surface area contributed by atoms with Crippen LogP contribution >= 0.6 is 0 Å². The van der Waals surface area contributed by atoms with E-state index < -0.39 is 11.7 Å². The number of nitrogens with zero attached hydrogens (tertiary/aromatic N) is 2. The first kappa shape index (κ1) is 20.2. The van der Waals surface area contributed by atoms with Crippen molar-refractivity contribution in [3.8, 4) is 0 Å². The average molecular weight is 431 g/mol. The molecule has 5 rings (SSSR count). The molecule has 0 unspecified atom stereocenters. The zero-order valence-corrected chi connectivity index (χ0v) is 17.3. The van der Waals surface area contributed by atoms with Crippen molar-refractivity contribution in [2.75, 3.05) is 18.4 Å². The van der Waals surface area contributed by atoms with Crippen LogP contribution < -0.4 is 10.9 Å². The third-order valence-corrected chi connectivity index (χ3v) is 6.27. The van der Waals surface area contributed by atoms with E-state index in [1.165, 1.54) is 24.3 Å². The van der Waals surface area contributed by atoms with E-state index in [2.05, 4.69) is 5.32 Å². The van der Waals surface area contributed by atoms with Crippen LogP contribution in [0.5, 0.6) is 0 Å². The van der Waals surface area contributed by atoms with Crippen LogP contribution in [-0.4, -0.2) is 34.4 Å². The number of aromatic nitrogens is 1. The van der Waals surface area contributed by atoms with Crippen LogP contribution in [0.3, 0.4) is 0 Å². The number of amides is 2. The fourth-order valence-electron chi connectivity index (χ4n) is 4.77. The molecule has 2 aromatic carbocycles. The predicted octanol–water partition coefficient (Wildman–Crippen LogP) is 3.50. The first-order chi connectivity index (χ1) is 15.5. The molecule has 7 heteroatoms. The minimum Gasteiger partial charge on any atom is -0.338 e. The molecule has 2 bridgehead atoms. The molecule has 0 spiro atoms. The van der Waals surface area contributed by atoms with E-state index >= 15 is 0 Å². The molecular weight excluding hydrogens is 409 g/mol. The third kappa shape index (κ3) is 3.70. The SMILES string of the molecule is O=C(Nc1ccc2n(c1=O)C[C@@H]1C[C@@H]2CN(C(=O)c2ccccc2)C1)c1ccc(F)cc1. The summed E-state index contributed by atoms with van der Waals surface area (Å²) >= 11 is 0. The van der Waals surface area contributed by atoms with E-state index in [0.29, 0.717) is 25.2 Å². The van der Waals surface area contributed by atoms with Gasteiger partial charge in [-0.25, -0.2) is 4.39 Å². The molecular formula is C25H22FN3O3. The number of hydrogen-bond acceptors (Lipinski definition) is 3. The number of rotatable bonds is 3. The van der Waals surface area contributed by atoms with Crippen molar-refractivity contribution in [3.63, 3.8) is 0 Å². The van der Waals surface area contributed by atoms with Gasteiger partial charge in [0.2, 0.25) is 0 Å². The highest BCUT2D eigenvalue weighted by molar-refractivity contribution is 6.04. The number of fused-ring (bicyclic) bond motifs is 4. The van der Waals surface area contributed by atoms with Gasteiger partial charge in [-0.3, -0.25) is 14.4 Å². The number of pyridine rings is 1. The zero-order chi connectivity index (χ0) is 22.2. The van der Waals surface area contributed by atoms with Crippen molar-refractivity contribution in [3.05, 3.63) is 99.7 Å². The van der Waals surface area contributed by atoms with Crippen molar-refractivity contribution in [1.82, 2.24) is 9.47 Å². The fourth-order valence-corrected chi connectivity index (χ4v) is 4.77. The number of anilines is 1. The van der Waals surface area contributed by atoms with Crippen molar-refractivity contribution in [2.24, 2.45) is 5.92 Å². The van der Waals surface area contributed by atoms with Gasteiger partial charge in [0.1, 0.15) is 11.5 Å². The monoisotopic (exact) mass is 431 g/mol. The summed E-state index contributed by atoms with van der Waals surface area (Å²) in [6.07, 6.45) is 0.930. The van der Waals surface area contributed by atoms with Crippen LogP contribution in [0.4, 0.5) is 10.1 Å². The Balaban J connectivity index is 1.37. The molecule has 2 amide bonds. The van der Waals surface area contributed by atoms with Gasteiger partial charge in [0.25, 0.3) is 17.4 Å². The summed E-state index contributed by atoms with van der Waals surface area (Å²) in [7, 11) is 0. The molecule has 2 aliphatic heterocycles. The maximum Gasteiger partial charge on any atom is 0.274 e. The summed E-state index contributed by atoms with van der Waals surface area (Å²) < 4.78 is 14.8. The molecule has 3 heterocycles. The predicted molar refractivity (Wildman–Crippen MR) is 118 cm³/mol. The van der Waals surface area contributed by atoms with E-state index in [1.807, 2.05) is 41.3 Å². The molecule has 0 aliphatic carbocycles. The van der Waals surface area contributed by atoms with Gasteiger partial charge in [-0.05, 0) is 60.9 Å². The molecule has 0 saturated carbocycles. The Kier molecular flexibility index (Phi) is 5.09. The Morgan fingerprint density at radius 3 is 2.38 bits per heavy atom. The summed E-state index contributed by atoms with van der Waals surface area (Å²) in [5, 5.41) is 2.65. The normalized spacial score (nSPS) is 19.2. The number of benzene rings is 2. The molecule has 2 atom stereocenters. The third-order valence-electron chi connectivity index (χ3n) is 6.27. The van der Waals surface area contributed by atoms with Gasteiger partial charge in [-0.2, -0.15) is 0 Å². The molecule has 3 aromatic rings. The van der Waals surface area contributed by atoms with Crippen LogP contribution in [0.2, 0.25) is 0 Å². The average Bonchev–Trinajstić information content (AvgIpc) is 2.81. The van der Waals surface area contributed by atoms with Crippen molar-refractivity contribution in [2.45, 2.75) is 18.9 Å². The molecule has 1 saturated heterocycles. The second-order valence-corrected chi connectivity index (χ2v) is 8.42. The lowest BCUT2D eigenvalue weighted by molar-refractivity contribution is 0.0594. The minimum atomic E-state index is -0.460. The van der Waals surface area contributed by atoms with Crippen LogP contribution in [0.1, 0.15) is 38.7 Å². The summed E-state index contributed by atoms with van der Waals surface area (Å²) in [4.78, 5) is 40.4. The van der Waals surface area contributed by atoms with E-state index in [1.54, 1.807) is 10.6 Å². The summed E-state index contributed by atoms with van der Waals surface area (Å²) in [5.41, 5.74) is 1.77. The van der Waals surface area contributed by atoms with Crippen LogP contribution in [0.15, 0.2) is 71.5 Å². The lowest BCUT2D eigenvalue weighted by atomic mass is 9.83. The number of likely N-dealkylation sites (tertiary alicyclic amines) is 1. The number of halogens is 1. The topological polar surface area (TPSA) is 71.4 Å². The van der Waals surface area contributed by atoms with Crippen molar-refractivity contribution < 1.29 is 14.0 Å². The first-order valence-corrected chi connectivity index (χ1v) is 10.6. The van der Waals surface area contributed by atoms with Gasteiger partial charge in [0, 0.05) is 42.4 Å². The largest absolute Gasteiger partial charge is 0.338 e. The molecule has 1 fully saturated rings. The highest BCUT2D eigenvalue weighted by Gasteiger charge is 2.37. The number of hydrogen-bond donors (Lipinski definition) is 1. The van der Waals surface area contributed by atoms with Gasteiger partial charge in [-0.15, -0.1) is 0 Å². The molecule has 0 radical (unpaired) electrons. The Hall–Kier alpha value is -3.74. The Morgan fingerprint density at radius 1 is 0.875 bits per heavy atom. The Labute approximate surface area is 184 Å². The lowest BCUT2D eigenvalue weighted by Gasteiger charge is -2.43. The van der Waals surface area contributed by atoms with E-state index in [0.717, 1.165) is 12.1 Å². The summed E-state index contributed by atoms with van der Waals surface area (Å²) in [5.74, 6) is -0.626. The van der Waals surface area contributed by atoms with Gasteiger partial charge < -0.3 is 14.8 Å². The lowest BCUT2D eigenvalue weighted by Crippen LogP contribution is -2.49. The first-order valence-electron chi connectivity index (χ1n) is 10.6. The van der Waals surface area contributed by atoms with Gasteiger partial charge in [0.15, 0.2) is 0 Å². The van der Waals surface area contributed by atoms with Gasteiger partial charge >= 0.3 is 0 Å². The van der Waals surface area contributed by atoms with Gasteiger partial charge in [0.05, 0.1) is 0 Å². The van der Waals surface area contributed by atoms with Crippen molar-refractivity contribution >= 4 is 17.5 Å². The molecule has 1 N–H and O–H groups in total. The smallest absolute Gasteiger partial charge is 0.274 e. The Bertz CT molecular complexity index is 1240. The molecule has 1 aromatic heterocycles. The summed E-state index contributed by atoms with van der Waals surface area (Å²) in [6, 6.07) is 17.9. The van der Waals surface area contributed by atoms with Crippen molar-refractivity contribution in [1.29, 1.82) is 0 Å². The summed E-state index contributed by atoms with van der Waals surface area (Å²) in [6.45, 7) is 1.66. The standard InChI is InChI=1S/C25H22FN3O3/c26-20-8-6-17(7-9-20)23(30)27-21-10-11-22-19-12-16(14-29(22)25(21)32)13-28(15-19)24(31)18-4-2-1-3-5-18/h1-11,16,19H,12-15H2,(H,27,30)/t16-,19-/m1/s1. The van der Waals surface area contributed by atoms with E-state index in [-0.39, 0.29) is 34.6 Å². The molecule has 6 nitrogen and oxygen atoms in total. The molecule has 2 aliphatic rings. The zero-order valence-electron chi connectivity index (χ0n) is 17.3. The number of piperidine rings is 1. The highest BCUT2D eigenvalue weighted by Crippen LogP contribution is 2.36. The second kappa shape index (κ2) is 8.07. The van der Waals surface area contributed by atoms with E-state index in [4.69, 9.17) is 0 Å².